The lowest BCUT2D eigenvalue weighted by Crippen LogP contribution is -1.97. The van der Waals surface area contributed by atoms with Gasteiger partial charge in [0.05, 0.1) is 0 Å². The van der Waals surface area contributed by atoms with Gasteiger partial charge in [0.2, 0.25) is 0 Å². The Bertz CT molecular complexity index is 1130. The van der Waals surface area contributed by atoms with Crippen LogP contribution in [0.3, 0.4) is 0 Å². The zero-order valence-electron chi connectivity index (χ0n) is 16.8. The van der Waals surface area contributed by atoms with Crippen molar-refractivity contribution in [2.24, 2.45) is 0 Å². The molecule has 138 valence electrons. The fourth-order valence-corrected chi connectivity index (χ4v) is 4.98. The fraction of sp³-hybridized carbons (Fsp3) is 0.214. The minimum atomic E-state index is 1.13. The molecular weight excluding hydrogens is 336 g/mol. The molecule has 0 unspecified atom stereocenters. The van der Waals surface area contributed by atoms with Gasteiger partial charge in [-0.1, -0.05) is 99.5 Å². The normalized spacial score (nSPS) is 11.8. The van der Waals surface area contributed by atoms with Gasteiger partial charge in [0.25, 0.3) is 0 Å². The number of hydrogen-bond donors (Lipinski definition) is 0. The van der Waals surface area contributed by atoms with E-state index in [2.05, 4.69) is 86.6 Å². The summed E-state index contributed by atoms with van der Waals surface area (Å²) in [5.41, 5.74) is 11.4. The molecule has 4 aromatic carbocycles. The predicted molar refractivity (Wildman–Crippen MR) is 122 cm³/mol. The predicted octanol–water partition coefficient (Wildman–Crippen LogP) is 8.06. The smallest absolute Gasteiger partial charge is 0.00201 e. The van der Waals surface area contributed by atoms with Crippen molar-refractivity contribution in [2.75, 3.05) is 0 Å². The van der Waals surface area contributed by atoms with Gasteiger partial charge in [-0.2, -0.15) is 0 Å². The van der Waals surface area contributed by atoms with Crippen molar-refractivity contribution < 1.29 is 0 Å². The van der Waals surface area contributed by atoms with E-state index < -0.39 is 0 Å². The van der Waals surface area contributed by atoms with Crippen molar-refractivity contribution >= 4 is 10.8 Å². The third kappa shape index (κ3) is 2.52. The largest absolute Gasteiger partial charge is 0.0651 e. The third-order valence-electron chi connectivity index (χ3n) is 6.09. The number of hydrogen-bond acceptors (Lipinski definition) is 0. The Morgan fingerprint density at radius 1 is 0.500 bits per heavy atom. The zero-order chi connectivity index (χ0) is 19.1. The lowest BCUT2D eigenvalue weighted by Gasteiger charge is -2.17. The van der Waals surface area contributed by atoms with Crippen LogP contribution in [0.25, 0.3) is 44.2 Å². The summed E-state index contributed by atoms with van der Waals surface area (Å²) in [5, 5.41) is 2.82. The van der Waals surface area contributed by atoms with Crippen LogP contribution < -0.4 is 0 Å². The quantitative estimate of drug-likeness (QED) is 0.296. The van der Waals surface area contributed by atoms with Gasteiger partial charge >= 0.3 is 0 Å². The Labute approximate surface area is 167 Å². The van der Waals surface area contributed by atoms with Crippen LogP contribution in [0.5, 0.6) is 0 Å². The molecule has 0 bridgehead atoms. The van der Waals surface area contributed by atoms with E-state index in [1.165, 1.54) is 68.1 Å². The summed E-state index contributed by atoms with van der Waals surface area (Å²) in [7, 11) is 0. The second-order valence-electron chi connectivity index (χ2n) is 7.89. The summed E-state index contributed by atoms with van der Waals surface area (Å²) >= 11 is 0. The van der Waals surface area contributed by atoms with Gasteiger partial charge in [-0.15, -0.1) is 0 Å². The van der Waals surface area contributed by atoms with Crippen molar-refractivity contribution in [3.63, 3.8) is 0 Å². The Kier molecular flexibility index (Phi) is 4.28. The first kappa shape index (κ1) is 17.3. The number of aryl methyl sites for hydroxylation is 2. The average molecular weight is 363 g/mol. The molecule has 0 heteroatoms. The summed E-state index contributed by atoms with van der Waals surface area (Å²) in [6, 6.07) is 27.3. The maximum atomic E-state index is 2.37. The first-order valence-electron chi connectivity index (χ1n) is 10.6. The lowest BCUT2D eigenvalue weighted by atomic mass is 9.86. The van der Waals surface area contributed by atoms with Crippen LogP contribution in [0.15, 0.2) is 72.8 Å². The van der Waals surface area contributed by atoms with Crippen molar-refractivity contribution in [3.8, 4) is 33.4 Å². The van der Waals surface area contributed by atoms with E-state index in [4.69, 9.17) is 0 Å². The highest BCUT2D eigenvalue weighted by molar-refractivity contribution is 6.18. The first-order chi connectivity index (χ1) is 13.8. The van der Waals surface area contributed by atoms with Gasteiger partial charge in [0.1, 0.15) is 0 Å². The molecule has 0 aromatic heterocycles. The lowest BCUT2D eigenvalue weighted by molar-refractivity contribution is 0.899. The topological polar surface area (TPSA) is 0 Å². The number of fused-ring (bicyclic) bond motifs is 3. The van der Waals surface area contributed by atoms with E-state index in [1.54, 1.807) is 0 Å². The van der Waals surface area contributed by atoms with Crippen LogP contribution in [-0.4, -0.2) is 0 Å². The Morgan fingerprint density at radius 2 is 1.04 bits per heavy atom. The molecule has 0 heterocycles. The summed E-state index contributed by atoms with van der Waals surface area (Å²) in [6.45, 7) is 4.56. The van der Waals surface area contributed by atoms with Crippen LogP contribution >= 0.6 is 0 Å². The highest BCUT2D eigenvalue weighted by atomic mass is 14.3. The minimum Gasteiger partial charge on any atom is -0.0651 e. The molecule has 1 aliphatic carbocycles. The summed E-state index contributed by atoms with van der Waals surface area (Å²) in [6.07, 6.45) is 4.62. The van der Waals surface area contributed by atoms with Gasteiger partial charge in [-0.05, 0) is 68.1 Å². The van der Waals surface area contributed by atoms with Crippen LogP contribution in [0.4, 0.5) is 0 Å². The second-order valence-corrected chi connectivity index (χ2v) is 7.89. The van der Waals surface area contributed by atoms with E-state index in [1.807, 2.05) is 0 Å². The molecular formula is C28H26. The molecule has 0 fully saturated rings. The first-order valence-corrected chi connectivity index (χ1v) is 10.6. The molecule has 0 amide bonds. The van der Waals surface area contributed by atoms with E-state index in [0.29, 0.717) is 0 Å². The van der Waals surface area contributed by atoms with E-state index >= 15 is 0 Å². The zero-order valence-corrected chi connectivity index (χ0v) is 16.8. The van der Waals surface area contributed by atoms with Crippen LogP contribution in [0.2, 0.25) is 0 Å². The maximum absolute atomic E-state index is 2.37. The number of rotatable bonds is 5. The van der Waals surface area contributed by atoms with E-state index in [9.17, 15) is 0 Å². The van der Waals surface area contributed by atoms with Crippen LogP contribution in [-0.2, 0) is 12.8 Å². The van der Waals surface area contributed by atoms with Gasteiger partial charge in [-0.25, -0.2) is 0 Å². The molecule has 0 radical (unpaired) electrons. The Hall–Kier alpha value is -2.86. The Morgan fingerprint density at radius 3 is 1.68 bits per heavy atom. The average Bonchev–Trinajstić information content (AvgIpc) is 3.06. The van der Waals surface area contributed by atoms with Gasteiger partial charge < -0.3 is 0 Å². The molecule has 0 spiro atoms. The highest BCUT2D eigenvalue weighted by Crippen LogP contribution is 2.49. The van der Waals surface area contributed by atoms with Crippen molar-refractivity contribution in [2.45, 2.75) is 39.5 Å². The molecule has 0 atom stereocenters. The van der Waals surface area contributed by atoms with Gasteiger partial charge in [-0.3, -0.25) is 0 Å². The molecule has 5 rings (SSSR count). The van der Waals surface area contributed by atoms with E-state index in [-0.39, 0.29) is 0 Å². The Balaban J connectivity index is 1.83. The fourth-order valence-electron chi connectivity index (χ4n) is 4.98. The molecule has 1 aliphatic rings. The van der Waals surface area contributed by atoms with Gasteiger partial charge in [0.15, 0.2) is 0 Å². The number of benzene rings is 4. The van der Waals surface area contributed by atoms with Crippen molar-refractivity contribution in [3.05, 3.63) is 83.9 Å². The molecule has 0 aliphatic heterocycles. The van der Waals surface area contributed by atoms with Gasteiger partial charge in [0, 0.05) is 0 Å². The molecule has 0 saturated carbocycles. The molecule has 0 nitrogen and oxygen atoms in total. The summed E-state index contributed by atoms with van der Waals surface area (Å²) in [5.74, 6) is 0. The molecule has 4 aromatic rings. The van der Waals surface area contributed by atoms with Crippen molar-refractivity contribution in [1.82, 2.24) is 0 Å². The van der Waals surface area contributed by atoms with Crippen LogP contribution in [0.1, 0.15) is 37.8 Å². The minimum absolute atomic E-state index is 1.13. The monoisotopic (exact) mass is 362 g/mol. The third-order valence-corrected chi connectivity index (χ3v) is 6.09. The standard InChI is InChI=1S/C28H26/c1-3-9-19-11-7-12-20(10-4-2)27(19)26-18-17-25-22-14-6-5-13-21(22)23-15-8-16-24(26)28(23)25/h5-8,11-18H,3-4,9-10H2,1-2H3. The van der Waals surface area contributed by atoms with Crippen LogP contribution in [0, 0.1) is 0 Å². The maximum Gasteiger partial charge on any atom is -0.00201 e. The highest BCUT2D eigenvalue weighted by Gasteiger charge is 2.23. The molecule has 0 N–H and O–H groups in total. The SMILES string of the molecule is CCCc1cccc(CCC)c1-c1ccc2c3c(cccc13)-c1ccccc1-2. The summed E-state index contributed by atoms with van der Waals surface area (Å²) < 4.78 is 0. The second kappa shape index (κ2) is 6.95. The van der Waals surface area contributed by atoms with E-state index in [0.717, 1.165) is 12.8 Å². The van der Waals surface area contributed by atoms with Crippen molar-refractivity contribution in [1.29, 1.82) is 0 Å². The molecule has 0 saturated heterocycles. The molecule has 28 heavy (non-hydrogen) atoms. The summed E-state index contributed by atoms with van der Waals surface area (Å²) in [4.78, 5) is 0.